The highest BCUT2D eigenvalue weighted by molar-refractivity contribution is 14.0. The lowest BCUT2D eigenvalue weighted by Crippen LogP contribution is -2.53. The molecule has 0 aliphatic carbocycles. The predicted molar refractivity (Wildman–Crippen MR) is 127 cm³/mol. The molecule has 170 valence electrons. The first kappa shape index (κ1) is 24.9. The van der Waals surface area contributed by atoms with Gasteiger partial charge in [0.2, 0.25) is 5.91 Å². The molecule has 1 aliphatic heterocycles. The van der Waals surface area contributed by atoms with E-state index < -0.39 is 11.6 Å². The van der Waals surface area contributed by atoms with Crippen LogP contribution >= 0.6 is 24.0 Å². The molecule has 1 aromatic carbocycles. The molecule has 2 heterocycles. The normalized spacial score (nSPS) is 14.3. The third-order valence-corrected chi connectivity index (χ3v) is 4.93. The first-order chi connectivity index (χ1) is 14.4. The fourth-order valence-electron chi connectivity index (χ4n) is 3.19. The molecule has 7 nitrogen and oxygen atoms in total. The molecule has 1 saturated heterocycles. The van der Waals surface area contributed by atoms with Crippen LogP contribution in [0.3, 0.4) is 0 Å². The lowest BCUT2D eigenvalue weighted by atomic mass is 10.2. The zero-order chi connectivity index (χ0) is 21.5. The van der Waals surface area contributed by atoms with Gasteiger partial charge in [0.15, 0.2) is 5.96 Å². The fraction of sp³-hybridized carbons (Fsp3) is 0.429. The number of halogens is 3. The third kappa shape index (κ3) is 7.08. The van der Waals surface area contributed by atoms with Crippen molar-refractivity contribution in [2.45, 2.75) is 6.42 Å². The summed E-state index contributed by atoms with van der Waals surface area (Å²) in [6.45, 7) is 2.80. The lowest BCUT2D eigenvalue weighted by molar-refractivity contribution is -0.127. The number of amides is 1. The van der Waals surface area contributed by atoms with Gasteiger partial charge in [-0.1, -0.05) is 0 Å². The summed E-state index contributed by atoms with van der Waals surface area (Å²) in [6.07, 6.45) is 2.31. The number of benzene rings is 1. The van der Waals surface area contributed by atoms with E-state index in [-0.39, 0.29) is 42.1 Å². The molecule has 0 spiro atoms. The van der Waals surface area contributed by atoms with Crippen molar-refractivity contribution >= 4 is 41.5 Å². The molecule has 10 heteroatoms. The number of rotatable bonds is 6. The third-order valence-electron chi connectivity index (χ3n) is 4.93. The van der Waals surface area contributed by atoms with Gasteiger partial charge in [0, 0.05) is 59.3 Å². The van der Waals surface area contributed by atoms with Crippen LogP contribution in [0.2, 0.25) is 0 Å². The van der Waals surface area contributed by atoms with Crippen LogP contribution in [-0.2, 0) is 11.2 Å². The number of furan rings is 1. The number of nitrogens with one attached hydrogen (secondary N) is 1. The molecular formula is C21H28F2IN5O2. The first-order valence-corrected chi connectivity index (χ1v) is 9.90. The van der Waals surface area contributed by atoms with Crippen LogP contribution in [0.4, 0.5) is 14.5 Å². The largest absolute Gasteiger partial charge is 0.469 e. The number of carbonyl (C=O) groups is 1. The number of guanidine groups is 1. The molecule has 1 fully saturated rings. The van der Waals surface area contributed by atoms with Crippen LogP contribution in [-0.4, -0.2) is 75.0 Å². The molecule has 1 aliphatic rings. The molecular weight excluding hydrogens is 519 g/mol. The molecule has 1 amide bonds. The lowest BCUT2D eigenvalue weighted by Gasteiger charge is -2.37. The monoisotopic (exact) mass is 547 g/mol. The van der Waals surface area contributed by atoms with Crippen molar-refractivity contribution in [2.75, 3.05) is 58.3 Å². The van der Waals surface area contributed by atoms with Gasteiger partial charge in [0.1, 0.15) is 23.9 Å². The highest BCUT2D eigenvalue weighted by Crippen LogP contribution is 2.22. The SMILES string of the molecule is CN(C)C(=O)CN=C(NCCc1ccco1)N1CCN(c2cc(F)ccc2F)CC1.I. The molecule has 0 bridgehead atoms. The molecule has 3 rings (SSSR count). The summed E-state index contributed by atoms with van der Waals surface area (Å²) in [6, 6.07) is 7.22. The van der Waals surface area contributed by atoms with Crippen molar-refractivity contribution in [1.29, 1.82) is 0 Å². The maximum atomic E-state index is 14.1. The van der Waals surface area contributed by atoms with Crippen LogP contribution in [0, 0.1) is 11.6 Å². The van der Waals surface area contributed by atoms with Crippen LogP contribution in [0.5, 0.6) is 0 Å². The second kappa shape index (κ2) is 11.9. The molecule has 0 radical (unpaired) electrons. The van der Waals surface area contributed by atoms with Crippen molar-refractivity contribution in [1.82, 2.24) is 15.1 Å². The van der Waals surface area contributed by atoms with E-state index in [0.29, 0.717) is 45.1 Å². The van der Waals surface area contributed by atoms with Gasteiger partial charge >= 0.3 is 0 Å². The minimum atomic E-state index is -0.460. The molecule has 0 unspecified atom stereocenters. The van der Waals surface area contributed by atoms with Crippen molar-refractivity contribution in [3.8, 4) is 0 Å². The summed E-state index contributed by atoms with van der Waals surface area (Å²) in [5, 5.41) is 3.29. The highest BCUT2D eigenvalue weighted by Gasteiger charge is 2.22. The second-order valence-corrected chi connectivity index (χ2v) is 7.25. The van der Waals surface area contributed by atoms with Crippen LogP contribution in [0.1, 0.15) is 5.76 Å². The Bertz CT molecular complexity index is 869. The van der Waals surface area contributed by atoms with Gasteiger partial charge in [-0.3, -0.25) is 4.79 Å². The predicted octanol–water partition coefficient (Wildman–Crippen LogP) is 2.57. The summed E-state index contributed by atoms with van der Waals surface area (Å²) >= 11 is 0. The summed E-state index contributed by atoms with van der Waals surface area (Å²) in [7, 11) is 3.38. The van der Waals surface area contributed by atoms with Gasteiger partial charge in [-0.2, -0.15) is 0 Å². The quantitative estimate of drug-likeness (QED) is 0.343. The number of hydrogen-bond acceptors (Lipinski definition) is 4. The maximum absolute atomic E-state index is 14.1. The Labute approximate surface area is 198 Å². The van der Waals surface area contributed by atoms with Crippen molar-refractivity contribution in [2.24, 2.45) is 4.99 Å². The minimum Gasteiger partial charge on any atom is -0.469 e. The standard InChI is InChI=1S/C21H27F2N5O2.HI/c1-26(2)20(29)15-25-21(24-8-7-17-4-3-13-30-17)28-11-9-27(10-12-28)19-14-16(22)5-6-18(19)23;/h3-6,13-14H,7-12,15H2,1-2H3,(H,24,25);1H. The van der Waals surface area contributed by atoms with Crippen LogP contribution in [0.25, 0.3) is 0 Å². The Kier molecular flexibility index (Phi) is 9.53. The fourth-order valence-corrected chi connectivity index (χ4v) is 3.19. The Hall–Kier alpha value is -2.37. The molecule has 1 aromatic heterocycles. The number of nitrogens with zero attached hydrogens (tertiary/aromatic N) is 4. The van der Waals surface area contributed by atoms with Gasteiger partial charge in [0.25, 0.3) is 0 Å². The van der Waals surface area contributed by atoms with E-state index in [9.17, 15) is 13.6 Å². The maximum Gasteiger partial charge on any atom is 0.243 e. The molecule has 0 atom stereocenters. The number of anilines is 1. The number of piperazine rings is 1. The Morgan fingerprint density at radius 1 is 1.19 bits per heavy atom. The topological polar surface area (TPSA) is 64.3 Å². The Morgan fingerprint density at radius 3 is 2.58 bits per heavy atom. The summed E-state index contributed by atoms with van der Waals surface area (Å²) < 4.78 is 33.0. The van der Waals surface area contributed by atoms with Crippen LogP contribution < -0.4 is 10.2 Å². The average Bonchev–Trinajstić information content (AvgIpc) is 3.25. The van der Waals surface area contributed by atoms with E-state index in [4.69, 9.17) is 4.42 Å². The average molecular weight is 547 g/mol. The van der Waals surface area contributed by atoms with Crippen LogP contribution in [0.15, 0.2) is 46.0 Å². The minimum absolute atomic E-state index is 0. The van der Waals surface area contributed by atoms with Gasteiger partial charge in [0.05, 0.1) is 12.0 Å². The van der Waals surface area contributed by atoms with E-state index in [0.717, 1.165) is 17.9 Å². The second-order valence-electron chi connectivity index (χ2n) is 7.25. The molecule has 0 saturated carbocycles. The van der Waals surface area contributed by atoms with Crippen molar-refractivity contribution < 1.29 is 18.0 Å². The number of hydrogen-bond donors (Lipinski definition) is 1. The zero-order valence-electron chi connectivity index (χ0n) is 17.7. The molecule has 2 aromatic rings. The molecule has 1 N–H and O–H groups in total. The Morgan fingerprint density at radius 2 is 1.94 bits per heavy atom. The summed E-state index contributed by atoms with van der Waals surface area (Å²) in [5.41, 5.74) is 0.265. The van der Waals surface area contributed by atoms with E-state index >= 15 is 0 Å². The number of likely N-dealkylation sites (N-methyl/N-ethyl adjacent to an activating group) is 1. The number of aliphatic imine (C=N–C) groups is 1. The van der Waals surface area contributed by atoms with Gasteiger partial charge in [-0.15, -0.1) is 24.0 Å². The Balaban J connectivity index is 0.00000341. The smallest absolute Gasteiger partial charge is 0.243 e. The van der Waals surface area contributed by atoms with E-state index in [1.165, 1.54) is 11.0 Å². The van der Waals surface area contributed by atoms with Gasteiger partial charge in [-0.25, -0.2) is 13.8 Å². The first-order valence-electron chi connectivity index (χ1n) is 9.90. The number of carbonyl (C=O) groups excluding carboxylic acids is 1. The summed E-state index contributed by atoms with van der Waals surface area (Å²) in [4.78, 5) is 21.8. The van der Waals surface area contributed by atoms with Gasteiger partial charge < -0.3 is 24.4 Å². The summed E-state index contributed by atoms with van der Waals surface area (Å²) in [5.74, 6) is 0.485. The van der Waals surface area contributed by atoms with E-state index in [2.05, 4.69) is 10.3 Å². The highest BCUT2D eigenvalue weighted by atomic mass is 127. The van der Waals surface area contributed by atoms with Crippen molar-refractivity contribution in [3.05, 3.63) is 54.0 Å². The molecule has 31 heavy (non-hydrogen) atoms. The van der Waals surface area contributed by atoms with E-state index in [1.54, 1.807) is 20.4 Å². The van der Waals surface area contributed by atoms with Crippen molar-refractivity contribution in [3.63, 3.8) is 0 Å². The van der Waals surface area contributed by atoms with E-state index in [1.807, 2.05) is 21.9 Å². The van der Waals surface area contributed by atoms with Gasteiger partial charge in [-0.05, 0) is 24.3 Å². The zero-order valence-corrected chi connectivity index (χ0v) is 20.0.